The predicted molar refractivity (Wildman–Crippen MR) is 75.4 cm³/mol. The Kier molecular flexibility index (Phi) is 6.53. The minimum atomic E-state index is -0.0340. The minimum Gasteiger partial charge on any atom is -0.395 e. The van der Waals surface area contributed by atoms with Crippen molar-refractivity contribution in [2.24, 2.45) is 0 Å². The first-order valence-corrected chi connectivity index (χ1v) is 6.56. The van der Waals surface area contributed by atoms with E-state index in [1.54, 1.807) is 12.0 Å². The highest BCUT2D eigenvalue weighted by Crippen LogP contribution is 2.12. The Morgan fingerprint density at radius 2 is 2.00 bits per heavy atom. The second-order valence-corrected chi connectivity index (χ2v) is 4.66. The third-order valence-electron chi connectivity index (χ3n) is 3.19. The quantitative estimate of drug-likeness (QED) is 0.764. The van der Waals surface area contributed by atoms with E-state index in [-0.39, 0.29) is 12.5 Å². The number of hydrogen-bond acceptors (Lipinski definition) is 3. The first kappa shape index (κ1) is 15.7. The van der Waals surface area contributed by atoms with E-state index in [9.17, 15) is 4.79 Å². The first-order chi connectivity index (χ1) is 9.10. The molecular formula is C15H23NO3. The SMILES string of the molecule is COCCCN(CCO)C(=O)c1ccc(C)c(C)c1. The van der Waals surface area contributed by atoms with Gasteiger partial charge in [0.05, 0.1) is 6.61 Å². The van der Waals surface area contributed by atoms with E-state index in [2.05, 4.69) is 0 Å². The molecule has 4 heteroatoms. The highest BCUT2D eigenvalue weighted by atomic mass is 16.5. The van der Waals surface area contributed by atoms with Gasteiger partial charge in [-0.15, -0.1) is 0 Å². The van der Waals surface area contributed by atoms with Gasteiger partial charge in [-0.1, -0.05) is 6.07 Å². The van der Waals surface area contributed by atoms with Crippen molar-refractivity contribution in [2.75, 3.05) is 33.4 Å². The maximum Gasteiger partial charge on any atom is 0.253 e. The molecule has 19 heavy (non-hydrogen) atoms. The van der Waals surface area contributed by atoms with Crippen LogP contribution in [0.1, 0.15) is 27.9 Å². The molecule has 0 atom stereocenters. The van der Waals surface area contributed by atoms with E-state index in [0.29, 0.717) is 25.3 Å². The van der Waals surface area contributed by atoms with Gasteiger partial charge in [0.1, 0.15) is 0 Å². The van der Waals surface area contributed by atoms with Gasteiger partial charge in [-0.3, -0.25) is 4.79 Å². The molecule has 1 rings (SSSR count). The van der Waals surface area contributed by atoms with Gasteiger partial charge in [0, 0.05) is 32.4 Å². The molecule has 0 radical (unpaired) electrons. The fraction of sp³-hybridized carbons (Fsp3) is 0.533. The minimum absolute atomic E-state index is 0.0242. The van der Waals surface area contributed by atoms with Gasteiger partial charge in [-0.05, 0) is 43.5 Å². The molecule has 0 aromatic heterocycles. The number of rotatable bonds is 7. The van der Waals surface area contributed by atoms with Crippen LogP contribution in [0.5, 0.6) is 0 Å². The van der Waals surface area contributed by atoms with Crippen molar-refractivity contribution in [2.45, 2.75) is 20.3 Å². The van der Waals surface area contributed by atoms with E-state index < -0.39 is 0 Å². The summed E-state index contributed by atoms with van der Waals surface area (Å²) < 4.78 is 4.99. The Bertz CT molecular complexity index is 418. The number of benzene rings is 1. The van der Waals surface area contributed by atoms with Crippen molar-refractivity contribution in [1.29, 1.82) is 0 Å². The van der Waals surface area contributed by atoms with Crippen LogP contribution in [0.4, 0.5) is 0 Å². The molecule has 1 amide bonds. The topological polar surface area (TPSA) is 49.8 Å². The van der Waals surface area contributed by atoms with Crippen LogP contribution in [0.15, 0.2) is 18.2 Å². The van der Waals surface area contributed by atoms with Crippen LogP contribution in [0.3, 0.4) is 0 Å². The third-order valence-corrected chi connectivity index (χ3v) is 3.19. The first-order valence-electron chi connectivity index (χ1n) is 6.56. The molecule has 1 N–H and O–H groups in total. The number of nitrogens with zero attached hydrogens (tertiary/aromatic N) is 1. The van der Waals surface area contributed by atoms with Crippen LogP contribution in [-0.2, 0) is 4.74 Å². The summed E-state index contributed by atoms with van der Waals surface area (Å²) in [6, 6.07) is 5.69. The Labute approximate surface area is 115 Å². The van der Waals surface area contributed by atoms with E-state index in [1.807, 2.05) is 32.0 Å². The normalized spacial score (nSPS) is 10.5. The van der Waals surface area contributed by atoms with Crippen molar-refractivity contribution in [1.82, 2.24) is 4.90 Å². The molecule has 0 spiro atoms. The highest BCUT2D eigenvalue weighted by Gasteiger charge is 2.15. The van der Waals surface area contributed by atoms with Crippen LogP contribution in [0.2, 0.25) is 0 Å². The van der Waals surface area contributed by atoms with Gasteiger partial charge in [-0.25, -0.2) is 0 Å². The number of amides is 1. The molecule has 106 valence electrons. The Morgan fingerprint density at radius 1 is 1.26 bits per heavy atom. The van der Waals surface area contributed by atoms with Crippen LogP contribution < -0.4 is 0 Å². The molecule has 0 fully saturated rings. The summed E-state index contributed by atoms with van der Waals surface area (Å²) in [5, 5.41) is 9.06. The maximum absolute atomic E-state index is 12.4. The number of aliphatic hydroxyl groups is 1. The van der Waals surface area contributed by atoms with Crippen molar-refractivity contribution < 1.29 is 14.6 Å². The lowest BCUT2D eigenvalue weighted by Gasteiger charge is -2.22. The Balaban J connectivity index is 2.76. The van der Waals surface area contributed by atoms with Gasteiger partial charge < -0.3 is 14.7 Å². The molecule has 1 aromatic carbocycles. The van der Waals surface area contributed by atoms with Crippen LogP contribution >= 0.6 is 0 Å². The molecule has 0 saturated carbocycles. The number of aryl methyl sites for hydroxylation is 2. The van der Waals surface area contributed by atoms with Crippen molar-refractivity contribution in [3.8, 4) is 0 Å². The average molecular weight is 265 g/mol. The molecule has 1 aromatic rings. The Morgan fingerprint density at radius 3 is 2.58 bits per heavy atom. The van der Waals surface area contributed by atoms with Crippen molar-refractivity contribution in [3.05, 3.63) is 34.9 Å². The van der Waals surface area contributed by atoms with Gasteiger partial charge in [0.2, 0.25) is 0 Å². The summed E-state index contributed by atoms with van der Waals surface area (Å²) in [7, 11) is 1.64. The predicted octanol–water partition coefficient (Wildman–Crippen LogP) is 1.77. The number of ether oxygens (including phenoxy) is 1. The summed E-state index contributed by atoms with van der Waals surface area (Å²) in [5.74, 6) is -0.0340. The molecule has 0 aliphatic rings. The van der Waals surface area contributed by atoms with Crippen LogP contribution in [0, 0.1) is 13.8 Å². The maximum atomic E-state index is 12.4. The van der Waals surface area contributed by atoms with E-state index in [1.165, 1.54) is 5.56 Å². The number of methoxy groups -OCH3 is 1. The summed E-state index contributed by atoms with van der Waals surface area (Å²) in [5.41, 5.74) is 2.95. The number of carbonyl (C=O) groups is 1. The lowest BCUT2D eigenvalue weighted by Crippen LogP contribution is -2.35. The molecular weight excluding hydrogens is 242 g/mol. The largest absolute Gasteiger partial charge is 0.395 e. The molecule has 0 heterocycles. The van der Waals surface area contributed by atoms with Crippen molar-refractivity contribution >= 4 is 5.91 Å². The van der Waals surface area contributed by atoms with Gasteiger partial charge in [0.15, 0.2) is 0 Å². The lowest BCUT2D eigenvalue weighted by molar-refractivity contribution is 0.0701. The fourth-order valence-corrected chi connectivity index (χ4v) is 1.89. The summed E-state index contributed by atoms with van der Waals surface area (Å²) in [6.45, 7) is 5.56. The monoisotopic (exact) mass is 265 g/mol. The fourth-order valence-electron chi connectivity index (χ4n) is 1.89. The summed E-state index contributed by atoms with van der Waals surface area (Å²) in [6.07, 6.45) is 0.771. The summed E-state index contributed by atoms with van der Waals surface area (Å²) in [4.78, 5) is 14.0. The number of hydrogen-bond donors (Lipinski definition) is 1. The van der Waals surface area contributed by atoms with E-state index in [0.717, 1.165) is 12.0 Å². The van der Waals surface area contributed by atoms with E-state index >= 15 is 0 Å². The van der Waals surface area contributed by atoms with Gasteiger partial charge in [0.25, 0.3) is 5.91 Å². The van der Waals surface area contributed by atoms with Gasteiger partial charge in [-0.2, -0.15) is 0 Å². The zero-order valence-electron chi connectivity index (χ0n) is 12.0. The lowest BCUT2D eigenvalue weighted by atomic mass is 10.1. The van der Waals surface area contributed by atoms with Crippen LogP contribution in [0.25, 0.3) is 0 Å². The van der Waals surface area contributed by atoms with Crippen molar-refractivity contribution in [3.63, 3.8) is 0 Å². The molecule has 0 saturated heterocycles. The zero-order chi connectivity index (χ0) is 14.3. The third kappa shape index (κ3) is 4.65. The summed E-state index contributed by atoms with van der Waals surface area (Å²) >= 11 is 0. The molecule has 4 nitrogen and oxygen atoms in total. The second kappa shape index (κ2) is 7.92. The second-order valence-electron chi connectivity index (χ2n) is 4.66. The smallest absolute Gasteiger partial charge is 0.253 e. The molecule has 0 bridgehead atoms. The molecule has 0 unspecified atom stereocenters. The number of carbonyl (C=O) groups excluding carboxylic acids is 1. The standard InChI is InChI=1S/C15H23NO3/c1-12-5-6-14(11-13(12)2)15(18)16(8-9-17)7-4-10-19-3/h5-6,11,17H,4,7-10H2,1-3H3. The van der Waals surface area contributed by atoms with E-state index in [4.69, 9.17) is 9.84 Å². The average Bonchev–Trinajstić information content (AvgIpc) is 2.40. The number of aliphatic hydroxyl groups excluding tert-OH is 1. The molecule has 0 aliphatic heterocycles. The van der Waals surface area contributed by atoms with Crippen LogP contribution in [-0.4, -0.2) is 49.3 Å². The van der Waals surface area contributed by atoms with Gasteiger partial charge >= 0.3 is 0 Å². The highest BCUT2D eigenvalue weighted by molar-refractivity contribution is 5.94. The zero-order valence-corrected chi connectivity index (χ0v) is 12.0. The Hall–Kier alpha value is -1.39. The molecule has 0 aliphatic carbocycles.